The minimum atomic E-state index is 0.973. The van der Waals surface area contributed by atoms with E-state index < -0.39 is 0 Å². The number of aromatic nitrogens is 2. The van der Waals surface area contributed by atoms with Gasteiger partial charge in [-0.3, -0.25) is 0 Å². The van der Waals surface area contributed by atoms with Crippen LogP contribution in [0.15, 0.2) is 43.2 Å². The Hall–Kier alpha value is -1.83. The molecule has 0 bridgehead atoms. The van der Waals surface area contributed by atoms with Crippen LogP contribution in [0.4, 0.5) is 0 Å². The van der Waals surface area contributed by atoms with Crippen LogP contribution in [0.5, 0.6) is 0 Å². The van der Waals surface area contributed by atoms with Gasteiger partial charge in [0, 0.05) is 25.0 Å². The van der Waals surface area contributed by atoms with Crippen LogP contribution in [0.1, 0.15) is 5.56 Å². The van der Waals surface area contributed by atoms with Gasteiger partial charge >= 0.3 is 0 Å². The minimum absolute atomic E-state index is 0.973. The van der Waals surface area contributed by atoms with E-state index in [0.717, 1.165) is 17.0 Å². The molecular weight excluding hydrogens is 172 g/mol. The summed E-state index contributed by atoms with van der Waals surface area (Å²) in [5.41, 5.74) is 2.23. The van der Waals surface area contributed by atoms with Crippen LogP contribution in [0.2, 0.25) is 0 Å². The van der Waals surface area contributed by atoms with Gasteiger partial charge in [-0.1, -0.05) is 36.9 Å². The lowest BCUT2D eigenvalue weighted by atomic mass is 10.1. The van der Waals surface area contributed by atoms with Crippen molar-refractivity contribution in [1.29, 1.82) is 0 Å². The zero-order chi connectivity index (χ0) is 9.97. The van der Waals surface area contributed by atoms with Crippen molar-refractivity contribution in [2.75, 3.05) is 0 Å². The van der Waals surface area contributed by atoms with Crippen molar-refractivity contribution in [2.24, 2.45) is 7.05 Å². The van der Waals surface area contributed by atoms with Crippen LogP contribution in [0.3, 0.4) is 0 Å². The Morgan fingerprint density at radius 1 is 1.36 bits per heavy atom. The van der Waals surface area contributed by atoms with Crippen LogP contribution >= 0.6 is 0 Å². The van der Waals surface area contributed by atoms with Gasteiger partial charge in [0.15, 0.2) is 0 Å². The predicted molar refractivity (Wildman–Crippen MR) is 58.7 cm³/mol. The largest absolute Gasteiger partial charge is 0.334 e. The summed E-state index contributed by atoms with van der Waals surface area (Å²) in [6.45, 7) is 3.79. The van der Waals surface area contributed by atoms with E-state index in [1.807, 2.05) is 42.1 Å². The Kier molecular flexibility index (Phi) is 2.19. The third kappa shape index (κ3) is 1.35. The summed E-state index contributed by atoms with van der Waals surface area (Å²) < 4.78 is 2.00. The molecule has 2 heteroatoms. The smallest absolute Gasteiger partial charge is 0.140 e. The first-order chi connectivity index (χ1) is 6.83. The first-order valence-electron chi connectivity index (χ1n) is 4.52. The molecule has 1 aromatic carbocycles. The standard InChI is InChI=1S/C12H12N2/c1-3-10-6-4-5-7-11(10)12-13-8-9-14(12)2/h3-9H,1H2,2H3. The molecule has 0 radical (unpaired) electrons. The molecule has 0 aliphatic heterocycles. The van der Waals surface area contributed by atoms with E-state index in [9.17, 15) is 0 Å². The van der Waals surface area contributed by atoms with E-state index in [-0.39, 0.29) is 0 Å². The fourth-order valence-corrected chi connectivity index (χ4v) is 1.50. The Morgan fingerprint density at radius 3 is 2.79 bits per heavy atom. The lowest BCUT2D eigenvalue weighted by Crippen LogP contribution is -1.92. The number of nitrogens with zero attached hydrogens (tertiary/aromatic N) is 2. The van der Waals surface area contributed by atoms with Gasteiger partial charge in [-0.2, -0.15) is 0 Å². The monoisotopic (exact) mass is 184 g/mol. The Labute approximate surface area is 83.5 Å². The molecule has 0 saturated carbocycles. The molecule has 0 atom stereocenters. The summed E-state index contributed by atoms with van der Waals surface area (Å²) in [7, 11) is 1.99. The summed E-state index contributed by atoms with van der Waals surface area (Å²) in [6, 6.07) is 8.11. The van der Waals surface area contributed by atoms with Crippen LogP contribution in [0, 0.1) is 0 Å². The van der Waals surface area contributed by atoms with Gasteiger partial charge in [-0.15, -0.1) is 0 Å². The first-order valence-corrected chi connectivity index (χ1v) is 4.52. The lowest BCUT2D eigenvalue weighted by Gasteiger charge is -2.05. The van der Waals surface area contributed by atoms with Gasteiger partial charge in [-0.05, 0) is 5.56 Å². The van der Waals surface area contributed by atoms with Gasteiger partial charge in [0.1, 0.15) is 5.82 Å². The third-order valence-electron chi connectivity index (χ3n) is 2.24. The first kappa shape index (κ1) is 8.75. The Morgan fingerprint density at radius 2 is 2.14 bits per heavy atom. The van der Waals surface area contributed by atoms with Gasteiger partial charge in [0.2, 0.25) is 0 Å². The number of imidazole rings is 1. The number of hydrogen-bond donors (Lipinski definition) is 0. The minimum Gasteiger partial charge on any atom is -0.334 e. The molecule has 2 rings (SSSR count). The molecule has 1 aromatic heterocycles. The average molecular weight is 184 g/mol. The quantitative estimate of drug-likeness (QED) is 0.701. The van der Waals surface area contributed by atoms with Crippen molar-refractivity contribution in [3.63, 3.8) is 0 Å². The summed E-state index contributed by atoms with van der Waals surface area (Å²) in [5.74, 6) is 0.973. The molecule has 2 aromatic rings. The Bertz CT molecular complexity index is 455. The van der Waals surface area contributed by atoms with Crippen molar-refractivity contribution in [2.45, 2.75) is 0 Å². The average Bonchev–Trinajstić information content (AvgIpc) is 2.64. The zero-order valence-electron chi connectivity index (χ0n) is 8.14. The van der Waals surface area contributed by atoms with Gasteiger partial charge < -0.3 is 4.57 Å². The van der Waals surface area contributed by atoms with E-state index in [4.69, 9.17) is 0 Å². The van der Waals surface area contributed by atoms with Gasteiger partial charge in [0.05, 0.1) is 0 Å². The zero-order valence-corrected chi connectivity index (χ0v) is 8.14. The maximum absolute atomic E-state index is 4.31. The van der Waals surface area contributed by atoms with E-state index in [0.29, 0.717) is 0 Å². The predicted octanol–water partition coefficient (Wildman–Crippen LogP) is 2.73. The van der Waals surface area contributed by atoms with Gasteiger partial charge in [-0.25, -0.2) is 4.98 Å². The molecule has 70 valence electrons. The molecule has 0 saturated heterocycles. The van der Waals surface area contributed by atoms with Crippen LogP contribution in [-0.4, -0.2) is 9.55 Å². The molecular formula is C12H12N2. The molecule has 0 spiro atoms. The molecule has 0 aliphatic rings. The maximum atomic E-state index is 4.31. The van der Waals surface area contributed by atoms with Crippen molar-refractivity contribution < 1.29 is 0 Å². The number of hydrogen-bond acceptors (Lipinski definition) is 1. The van der Waals surface area contributed by atoms with Crippen LogP contribution < -0.4 is 0 Å². The topological polar surface area (TPSA) is 17.8 Å². The van der Waals surface area contributed by atoms with Crippen molar-refractivity contribution in [3.8, 4) is 11.4 Å². The highest BCUT2D eigenvalue weighted by Crippen LogP contribution is 2.21. The second kappa shape index (κ2) is 3.50. The highest BCUT2D eigenvalue weighted by atomic mass is 15.0. The molecule has 0 unspecified atom stereocenters. The van der Waals surface area contributed by atoms with E-state index in [2.05, 4.69) is 17.6 Å². The van der Waals surface area contributed by atoms with Crippen LogP contribution in [0.25, 0.3) is 17.5 Å². The second-order valence-corrected chi connectivity index (χ2v) is 3.15. The molecule has 0 N–H and O–H groups in total. The normalized spacial score (nSPS) is 10.1. The van der Waals surface area contributed by atoms with Gasteiger partial charge in [0.25, 0.3) is 0 Å². The Balaban J connectivity index is 2.62. The third-order valence-corrected chi connectivity index (χ3v) is 2.24. The highest BCUT2D eigenvalue weighted by molar-refractivity contribution is 5.70. The number of benzene rings is 1. The fraction of sp³-hybridized carbons (Fsp3) is 0.0833. The number of aryl methyl sites for hydroxylation is 1. The second-order valence-electron chi connectivity index (χ2n) is 3.15. The molecule has 0 fully saturated rings. The van der Waals surface area contributed by atoms with Crippen LogP contribution in [-0.2, 0) is 7.05 Å². The summed E-state index contributed by atoms with van der Waals surface area (Å²) >= 11 is 0. The molecule has 14 heavy (non-hydrogen) atoms. The van der Waals surface area contributed by atoms with E-state index in [1.54, 1.807) is 6.20 Å². The molecule has 0 amide bonds. The number of rotatable bonds is 2. The SMILES string of the molecule is C=Cc1ccccc1-c1nccn1C. The summed E-state index contributed by atoms with van der Waals surface area (Å²) in [6.07, 6.45) is 5.59. The summed E-state index contributed by atoms with van der Waals surface area (Å²) in [4.78, 5) is 4.31. The highest BCUT2D eigenvalue weighted by Gasteiger charge is 2.05. The summed E-state index contributed by atoms with van der Waals surface area (Å²) in [5, 5.41) is 0. The fourth-order valence-electron chi connectivity index (χ4n) is 1.50. The maximum Gasteiger partial charge on any atom is 0.140 e. The van der Waals surface area contributed by atoms with Crippen molar-refractivity contribution >= 4 is 6.08 Å². The van der Waals surface area contributed by atoms with E-state index in [1.165, 1.54) is 0 Å². The van der Waals surface area contributed by atoms with Crippen molar-refractivity contribution in [1.82, 2.24) is 9.55 Å². The van der Waals surface area contributed by atoms with E-state index >= 15 is 0 Å². The lowest BCUT2D eigenvalue weighted by molar-refractivity contribution is 0.924. The molecule has 2 nitrogen and oxygen atoms in total. The molecule has 1 heterocycles. The molecule has 0 aliphatic carbocycles. The van der Waals surface area contributed by atoms with Crippen molar-refractivity contribution in [3.05, 3.63) is 48.8 Å².